The molecule has 0 bridgehead atoms. The first kappa shape index (κ1) is 13.9. The third-order valence-electron chi connectivity index (χ3n) is 3.36. The van der Waals surface area contributed by atoms with Crippen molar-refractivity contribution in [3.63, 3.8) is 0 Å². The van der Waals surface area contributed by atoms with Crippen LogP contribution in [0.2, 0.25) is 10.0 Å². The van der Waals surface area contributed by atoms with Gasteiger partial charge in [0.2, 0.25) is 5.89 Å². The summed E-state index contributed by atoms with van der Waals surface area (Å²) < 4.78 is 16.5. The van der Waals surface area contributed by atoms with Gasteiger partial charge in [-0.05, 0) is 30.3 Å². The molecule has 0 aliphatic carbocycles. The molecule has 1 saturated heterocycles. The smallest absolute Gasteiger partial charge is 0.228 e. The van der Waals surface area contributed by atoms with Gasteiger partial charge < -0.3 is 13.9 Å². The Morgan fingerprint density at radius 3 is 2.82 bits per heavy atom. The molecule has 0 amide bonds. The number of rotatable bonds is 4. The van der Waals surface area contributed by atoms with Crippen molar-refractivity contribution in [2.45, 2.75) is 6.10 Å². The van der Waals surface area contributed by atoms with Gasteiger partial charge in [-0.1, -0.05) is 23.2 Å². The molecule has 0 radical (unpaired) electrons. The molecular weight excluding hydrogens is 325 g/mol. The Bertz CT molecular complexity index is 843. The van der Waals surface area contributed by atoms with E-state index in [0.717, 1.165) is 17.9 Å². The van der Waals surface area contributed by atoms with Gasteiger partial charge in [0.1, 0.15) is 24.0 Å². The molecule has 3 aromatic rings. The number of hydrogen-bond donors (Lipinski definition) is 0. The number of epoxide rings is 1. The molecule has 6 heteroatoms. The summed E-state index contributed by atoms with van der Waals surface area (Å²) in [5.74, 6) is 1.20. The minimum Gasteiger partial charge on any atom is -0.491 e. The van der Waals surface area contributed by atoms with Gasteiger partial charge in [-0.25, -0.2) is 4.98 Å². The monoisotopic (exact) mass is 335 g/mol. The summed E-state index contributed by atoms with van der Waals surface area (Å²) in [5, 5.41) is 1.07. The highest BCUT2D eigenvalue weighted by molar-refractivity contribution is 6.36. The fourth-order valence-corrected chi connectivity index (χ4v) is 2.62. The second-order valence-corrected chi connectivity index (χ2v) is 5.88. The van der Waals surface area contributed by atoms with Crippen molar-refractivity contribution in [3.05, 3.63) is 46.4 Å². The lowest BCUT2D eigenvalue weighted by Gasteiger charge is -2.02. The number of nitrogens with zero attached hydrogens (tertiary/aromatic N) is 1. The standard InChI is InChI=1S/C16H11Cl2NO3/c17-9-1-3-12(13(18)5-9)16-19-14-6-10(2-4-15(14)22-16)20-7-11-8-21-11/h1-6,11H,7-8H2. The minimum absolute atomic E-state index is 0.219. The molecule has 1 unspecified atom stereocenters. The Kier molecular flexibility index (Phi) is 3.45. The average Bonchev–Trinajstić information content (AvgIpc) is 3.23. The molecule has 112 valence electrons. The first-order valence-corrected chi connectivity index (χ1v) is 7.55. The van der Waals surface area contributed by atoms with Crippen LogP contribution in [-0.2, 0) is 4.74 Å². The highest BCUT2D eigenvalue weighted by atomic mass is 35.5. The van der Waals surface area contributed by atoms with E-state index in [9.17, 15) is 0 Å². The van der Waals surface area contributed by atoms with Crippen molar-refractivity contribution in [2.24, 2.45) is 0 Å². The maximum Gasteiger partial charge on any atom is 0.228 e. The lowest BCUT2D eigenvalue weighted by Crippen LogP contribution is -2.03. The van der Waals surface area contributed by atoms with Crippen molar-refractivity contribution in [1.82, 2.24) is 4.98 Å². The fraction of sp³-hybridized carbons (Fsp3) is 0.188. The van der Waals surface area contributed by atoms with Crippen LogP contribution in [0.5, 0.6) is 5.75 Å². The van der Waals surface area contributed by atoms with E-state index in [2.05, 4.69) is 4.98 Å². The number of hydrogen-bond acceptors (Lipinski definition) is 4. The van der Waals surface area contributed by atoms with Gasteiger partial charge in [0, 0.05) is 11.1 Å². The molecule has 4 rings (SSSR count). The third-order valence-corrected chi connectivity index (χ3v) is 3.91. The van der Waals surface area contributed by atoms with Crippen LogP contribution in [-0.4, -0.2) is 24.3 Å². The summed E-state index contributed by atoms with van der Waals surface area (Å²) >= 11 is 12.1. The van der Waals surface area contributed by atoms with Crippen LogP contribution in [0.4, 0.5) is 0 Å². The third kappa shape index (κ3) is 2.77. The van der Waals surface area contributed by atoms with Gasteiger partial charge in [-0.2, -0.15) is 0 Å². The number of fused-ring (bicyclic) bond motifs is 1. The van der Waals surface area contributed by atoms with E-state index in [1.165, 1.54) is 0 Å². The average molecular weight is 336 g/mol. The van der Waals surface area contributed by atoms with Crippen molar-refractivity contribution >= 4 is 34.3 Å². The molecule has 0 N–H and O–H groups in total. The zero-order valence-electron chi connectivity index (χ0n) is 11.4. The molecule has 2 aromatic carbocycles. The highest BCUT2D eigenvalue weighted by Crippen LogP contribution is 2.32. The van der Waals surface area contributed by atoms with Crippen molar-refractivity contribution in [2.75, 3.05) is 13.2 Å². The predicted octanol–water partition coefficient (Wildman–Crippen LogP) is 4.58. The molecule has 1 fully saturated rings. The zero-order chi connectivity index (χ0) is 15.1. The van der Waals surface area contributed by atoms with Crippen LogP contribution in [0.1, 0.15) is 0 Å². The second-order valence-electron chi connectivity index (χ2n) is 5.04. The van der Waals surface area contributed by atoms with E-state index >= 15 is 0 Å². The van der Waals surface area contributed by atoms with Gasteiger partial charge in [-0.15, -0.1) is 0 Å². The van der Waals surface area contributed by atoms with Gasteiger partial charge in [0.25, 0.3) is 0 Å². The van der Waals surface area contributed by atoms with Gasteiger partial charge >= 0.3 is 0 Å². The molecule has 1 aliphatic rings. The first-order valence-electron chi connectivity index (χ1n) is 6.79. The number of ether oxygens (including phenoxy) is 2. The fourth-order valence-electron chi connectivity index (χ4n) is 2.13. The Balaban J connectivity index is 1.67. The SMILES string of the molecule is Clc1ccc(-c2nc3cc(OCC4CO4)ccc3o2)c(Cl)c1. The van der Waals surface area contributed by atoms with Gasteiger partial charge in [-0.3, -0.25) is 0 Å². The van der Waals surface area contributed by atoms with E-state index < -0.39 is 0 Å². The van der Waals surface area contributed by atoms with Gasteiger partial charge in [0.15, 0.2) is 5.58 Å². The van der Waals surface area contributed by atoms with Crippen molar-refractivity contribution in [1.29, 1.82) is 0 Å². The molecular formula is C16H11Cl2NO3. The second kappa shape index (κ2) is 5.47. The minimum atomic E-state index is 0.219. The molecule has 22 heavy (non-hydrogen) atoms. The van der Waals surface area contributed by atoms with Crippen LogP contribution in [0.25, 0.3) is 22.6 Å². The summed E-state index contributed by atoms with van der Waals surface area (Å²) in [6.07, 6.45) is 0.219. The van der Waals surface area contributed by atoms with Gasteiger partial charge in [0.05, 0.1) is 17.2 Å². The Hall–Kier alpha value is -1.75. The molecule has 1 aliphatic heterocycles. The lowest BCUT2D eigenvalue weighted by atomic mass is 10.2. The van der Waals surface area contributed by atoms with E-state index in [0.29, 0.717) is 33.7 Å². The summed E-state index contributed by atoms with van der Waals surface area (Å²) in [7, 11) is 0. The number of halogens is 2. The topological polar surface area (TPSA) is 47.8 Å². The quantitative estimate of drug-likeness (QED) is 0.655. The highest BCUT2D eigenvalue weighted by Gasteiger charge is 2.23. The molecule has 1 atom stereocenters. The molecule has 0 spiro atoms. The Labute approximate surface area is 136 Å². The summed E-state index contributed by atoms with van der Waals surface area (Å²) in [6, 6.07) is 10.7. The summed E-state index contributed by atoms with van der Waals surface area (Å²) in [5.41, 5.74) is 2.10. The maximum absolute atomic E-state index is 6.19. The summed E-state index contributed by atoms with van der Waals surface area (Å²) in [4.78, 5) is 4.47. The zero-order valence-corrected chi connectivity index (χ0v) is 12.9. The van der Waals surface area contributed by atoms with E-state index in [-0.39, 0.29) is 6.10 Å². The van der Waals surface area contributed by atoms with E-state index in [1.54, 1.807) is 18.2 Å². The maximum atomic E-state index is 6.19. The Morgan fingerprint density at radius 2 is 2.05 bits per heavy atom. The van der Waals surface area contributed by atoms with Crippen molar-refractivity contribution < 1.29 is 13.9 Å². The normalized spacial score (nSPS) is 16.9. The number of aromatic nitrogens is 1. The predicted molar refractivity (Wildman–Crippen MR) is 84.7 cm³/mol. The van der Waals surface area contributed by atoms with Crippen LogP contribution >= 0.6 is 23.2 Å². The molecule has 0 saturated carbocycles. The van der Waals surface area contributed by atoms with E-state index in [4.69, 9.17) is 37.1 Å². The van der Waals surface area contributed by atoms with E-state index in [1.807, 2.05) is 18.2 Å². The number of benzene rings is 2. The number of oxazole rings is 1. The molecule has 2 heterocycles. The van der Waals surface area contributed by atoms with Crippen molar-refractivity contribution in [3.8, 4) is 17.2 Å². The lowest BCUT2D eigenvalue weighted by molar-refractivity contribution is 0.263. The van der Waals surface area contributed by atoms with Crippen LogP contribution < -0.4 is 4.74 Å². The van der Waals surface area contributed by atoms with Crippen LogP contribution in [0.15, 0.2) is 40.8 Å². The van der Waals surface area contributed by atoms with Crippen LogP contribution in [0, 0.1) is 0 Å². The summed E-state index contributed by atoms with van der Waals surface area (Å²) in [6.45, 7) is 1.32. The molecule has 4 nitrogen and oxygen atoms in total. The molecule has 1 aromatic heterocycles. The Morgan fingerprint density at radius 1 is 1.18 bits per heavy atom. The van der Waals surface area contributed by atoms with Crippen LogP contribution in [0.3, 0.4) is 0 Å². The first-order chi connectivity index (χ1) is 10.7. The largest absolute Gasteiger partial charge is 0.491 e.